The van der Waals surface area contributed by atoms with Gasteiger partial charge in [0, 0.05) is 29.2 Å². The Morgan fingerprint density at radius 1 is 1.04 bits per heavy atom. The number of rotatable bonds is 6. The van der Waals surface area contributed by atoms with Crippen molar-refractivity contribution in [3.05, 3.63) is 53.6 Å². The van der Waals surface area contributed by atoms with Crippen LogP contribution in [0.4, 0.5) is 11.4 Å². The first-order valence-electron chi connectivity index (χ1n) is 9.64. The Balaban J connectivity index is 1.78. The van der Waals surface area contributed by atoms with E-state index in [1.807, 2.05) is 35.2 Å². The van der Waals surface area contributed by atoms with E-state index < -0.39 is 0 Å². The number of likely N-dealkylation sites (tertiary alicyclic amines) is 1. The van der Waals surface area contributed by atoms with E-state index in [4.69, 9.17) is 4.74 Å². The van der Waals surface area contributed by atoms with Crippen LogP contribution >= 0.6 is 11.8 Å². The molecule has 148 valence electrons. The minimum atomic E-state index is -0.352. The van der Waals surface area contributed by atoms with Crippen molar-refractivity contribution >= 4 is 35.0 Å². The standard InChI is InChI=1S/C22H26N2O3S/c1-3-28-20-15-17(21(25)24-13-5-4-6-14-24)9-12-19(20)23-18-10-7-16(8-11-18)22(26)27-2/h7-12,15,23H,3-6,13-14H2,1-2H3. The second-order valence-electron chi connectivity index (χ2n) is 6.69. The number of hydrogen-bond acceptors (Lipinski definition) is 5. The number of esters is 1. The van der Waals surface area contributed by atoms with Gasteiger partial charge in [0.15, 0.2) is 0 Å². The van der Waals surface area contributed by atoms with Crippen LogP contribution in [0.2, 0.25) is 0 Å². The van der Waals surface area contributed by atoms with Crippen molar-refractivity contribution < 1.29 is 14.3 Å². The number of carbonyl (C=O) groups is 2. The van der Waals surface area contributed by atoms with Gasteiger partial charge in [-0.25, -0.2) is 4.79 Å². The van der Waals surface area contributed by atoms with Crippen molar-refractivity contribution in [2.75, 3.05) is 31.3 Å². The molecular formula is C22H26N2O3S. The second kappa shape index (κ2) is 9.64. The molecule has 1 N–H and O–H groups in total. The number of benzene rings is 2. The van der Waals surface area contributed by atoms with Crippen LogP contribution in [0.5, 0.6) is 0 Å². The molecule has 0 radical (unpaired) electrons. The molecular weight excluding hydrogens is 372 g/mol. The smallest absolute Gasteiger partial charge is 0.337 e. The highest BCUT2D eigenvalue weighted by molar-refractivity contribution is 7.99. The minimum Gasteiger partial charge on any atom is -0.465 e. The fourth-order valence-corrected chi connectivity index (χ4v) is 4.07. The molecule has 6 heteroatoms. The first kappa shape index (κ1) is 20.3. The Kier molecular flexibility index (Phi) is 6.98. The first-order chi connectivity index (χ1) is 13.6. The largest absolute Gasteiger partial charge is 0.465 e. The van der Waals surface area contributed by atoms with Crippen molar-refractivity contribution in [3.8, 4) is 0 Å². The molecule has 0 aliphatic carbocycles. The second-order valence-corrected chi connectivity index (χ2v) is 8.00. The summed E-state index contributed by atoms with van der Waals surface area (Å²) < 4.78 is 4.73. The van der Waals surface area contributed by atoms with Crippen molar-refractivity contribution in [3.63, 3.8) is 0 Å². The normalized spacial score (nSPS) is 13.9. The number of amides is 1. The van der Waals surface area contributed by atoms with E-state index >= 15 is 0 Å². The lowest BCUT2D eigenvalue weighted by Gasteiger charge is -2.27. The van der Waals surface area contributed by atoms with Gasteiger partial charge in [0.2, 0.25) is 0 Å². The van der Waals surface area contributed by atoms with E-state index in [1.54, 1.807) is 23.9 Å². The Labute approximate surface area is 170 Å². The Morgan fingerprint density at radius 3 is 2.36 bits per heavy atom. The number of methoxy groups -OCH3 is 1. The lowest BCUT2D eigenvalue weighted by molar-refractivity contribution is 0.0600. The van der Waals surface area contributed by atoms with Crippen LogP contribution in [0.15, 0.2) is 47.4 Å². The Morgan fingerprint density at radius 2 is 1.71 bits per heavy atom. The van der Waals surface area contributed by atoms with Crippen molar-refractivity contribution in [1.29, 1.82) is 0 Å². The Hall–Kier alpha value is -2.47. The van der Waals surface area contributed by atoms with Gasteiger partial charge in [0.25, 0.3) is 5.91 Å². The molecule has 0 spiro atoms. The molecule has 1 saturated heterocycles. The van der Waals surface area contributed by atoms with Gasteiger partial charge in [-0.3, -0.25) is 4.79 Å². The number of hydrogen-bond donors (Lipinski definition) is 1. The molecule has 1 amide bonds. The molecule has 28 heavy (non-hydrogen) atoms. The third-order valence-electron chi connectivity index (χ3n) is 4.76. The average Bonchev–Trinajstić information content (AvgIpc) is 2.75. The highest BCUT2D eigenvalue weighted by Gasteiger charge is 2.19. The number of nitrogens with zero attached hydrogens (tertiary/aromatic N) is 1. The van der Waals surface area contributed by atoms with Gasteiger partial charge < -0.3 is 15.0 Å². The van der Waals surface area contributed by atoms with E-state index in [9.17, 15) is 9.59 Å². The summed E-state index contributed by atoms with van der Waals surface area (Å²) in [4.78, 5) is 27.4. The molecule has 0 bridgehead atoms. The molecule has 3 rings (SSSR count). The van der Waals surface area contributed by atoms with Gasteiger partial charge in [-0.05, 0) is 67.5 Å². The van der Waals surface area contributed by atoms with Gasteiger partial charge in [-0.2, -0.15) is 0 Å². The van der Waals surface area contributed by atoms with Gasteiger partial charge in [0.05, 0.1) is 18.4 Å². The monoisotopic (exact) mass is 398 g/mol. The summed E-state index contributed by atoms with van der Waals surface area (Å²) in [7, 11) is 1.37. The van der Waals surface area contributed by atoms with Crippen LogP contribution in [-0.2, 0) is 4.74 Å². The SMILES string of the molecule is CCSc1cc(C(=O)N2CCCCC2)ccc1Nc1ccc(C(=O)OC)cc1. The highest BCUT2D eigenvalue weighted by Crippen LogP contribution is 2.31. The van der Waals surface area contributed by atoms with Crippen molar-refractivity contribution in [2.24, 2.45) is 0 Å². The third kappa shape index (κ3) is 4.87. The van der Waals surface area contributed by atoms with Gasteiger partial charge in [0.1, 0.15) is 0 Å². The van der Waals surface area contributed by atoms with Crippen LogP contribution in [0.3, 0.4) is 0 Å². The number of piperidine rings is 1. The van der Waals surface area contributed by atoms with Gasteiger partial charge >= 0.3 is 5.97 Å². The maximum Gasteiger partial charge on any atom is 0.337 e. The number of ether oxygens (including phenoxy) is 1. The summed E-state index contributed by atoms with van der Waals surface area (Å²) in [5.41, 5.74) is 3.08. The molecule has 1 fully saturated rings. The van der Waals surface area contributed by atoms with Crippen LogP contribution in [0.25, 0.3) is 0 Å². The molecule has 0 atom stereocenters. The van der Waals surface area contributed by atoms with Crippen molar-refractivity contribution in [2.45, 2.75) is 31.1 Å². The van der Waals surface area contributed by atoms with E-state index in [1.165, 1.54) is 13.5 Å². The van der Waals surface area contributed by atoms with Crippen LogP contribution < -0.4 is 5.32 Å². The number of carbonyl (C=O) groups excluding carboxylic acids is 2. The molecule has 0 aromatic heterocycles. The van der Waals surface area contributed by atoms with Crippen LogP contribution in [0, 0.1) is 0 Å². The quantitative estimate of drug-likeness (QED) is 0.551. The predicted octanol–water partition coefficient (Wildman–Crippen LogP) is 4.95. The van der Waals surface area contributed by atoms with Gasteiger partial charge in [-0.15, -0.1) is 11.8 Å². The Bertz CT molecular complexity index is 830. The van der Waals surface area contributed by atoms with Gasteiger partial charge in [-0.1, -0.05) is 6.92 Å². The van der Waals surface area contributed by atoms with E-state index in [0.717, 1.165) is 53.5 Å². The number of anilines is 2. The molecule has 1 aliphatic heterocycles. The summed E-state index contributed by atoms with van der Waals surface area (Å²) in [6.07, 6.45) is 3.38. The van der Waals surface area contributed by atoms with Crippen LogP contribution in [0.1, 0.15) is 46.9 Å². The maximum absolute atomic E-state index is 12.8. The van der Waals surface area contributed by atoms with Crippen molar-refractivity contribution in [1.82, 2.24) is 4.90 Å². The zero-order valence-corrected chi connectivity index (χ0v) is 17.2. The summed E-state index contributed by atoms with van der Waals surface area (Å²) in [5.74, 6) is 0.679. The topological polar surface area (TPSA) is 58.6 Å². The maximum atomic E-state index is 12.8. The van der Waals surface area contributed by atoms with E-state index in [2.05, 4.69) is 12.2 Å². The molecule has 1 heterocycles. The summed E-state index contributed by atoms with van der Waals surface area (Å²) in [6.45, 7) is 3.79. The lowest BCUT2D eigenvalue weighted by atomic mass is 10.1. The molecule has 2 aromatic rings. The first-order valence-corrected chi connectivity index (χ1v) is 10.6. The average molecular weight is 399 g/mol. The molecule has 2 aromatic carbocycles. The summed E-state index contributed by atoms with van der Waals surface area (Å²) in [6, 6.07) is 13.0. The van der Waals surface area contributed by atoms with E-state index in [-0.39, 0.29) is 11.9 Å². The fourth-order valence-electron chi connectivity index (χ4n) is 3.28. The molecule has 1 aliphatic rings. The number of nitrogens with one attached hydrogen (secondary N) is 1. The summed E-state index contributed by atoms with van der Waals surface area (Å²) >= 11 is 1.70. The zero-order chi connectivity index (χ0) is 19.9. The predicted molar refractivity (Wildman–Crippen MR) is 114 cm³/mol. The zero-order valence-electron chi connectivity index (χ0n) is 16.4. The highest BCUT2D eigenvalue weighted by atomic mass is 32.2. The molecule has 0 unspecified atom stereocenters. The fraction of sp³-hybridized carbons (Fsp3) is 0.364. The third-order valence-corrected chi connectivity index (χ3v) is 5.69. The lowest BCUT2D eigenvalue weighted by Crippen LogP contribution is -2.35. The van der Waals surface area contributed by atoms with Crippen LogP contribution in [-0.4, -0.2) is 42.7 Å². The molecule has 0 saturated carbocycles. The number of thioether (sulfide) groups is 1. The minimum absolute atomic E-state index is 0.117. The summed E-state index contributed by atoms with van der Waals surface area (Å²) in [5, 5.41) is 3.39. The molecule has 5 nitrogen and oxygen atoms in total. The van der Waals surface area contributed by atoms with E-state index in [0.29, 0.717) is 5.56 Å².